The quantitative estimate of drug-likeness (QED) is 0.928. The molecule has 0 radical (unpaired) electrons. The van der Waals surface area contributed by atoms with Crippen LogP contribution in [0.4, 0.5) is 0 Å². The van der Waals surface area contributed by atoms with E-state index in [1.54, 1.807) is 0 Å². The predicted octanol–water partition coefficient (Wildman–Crippen LogP) is 2.49. The van der Waals surface area contributed by atoms with E-state index in [1.165, 1.54) is 0 Å². The van der Waals surface area contributed by atoms with Gasteiger partial charge >= 0.3 is 0 Å². The van der Waals surface area contributed by atoms with E-state index in [-0.39, 0.29) is 5.25 Å². The molecule has 3 unspecified atom stereocenters. The van der Waals surface area contributed by atoms with Crippen LogP contribution >= 0.6 is 0 Å². The summed E-state index contributed by atoms with van der Waals surface area (Å²) in [5.74, 6) is 1.50. The first-order chi connectivity index (χ1) is 10.3. The molecule has 0 saturated heterocycles. The minimum absolute atomic E-state index is 0.203. The van der Waals surface area contributed by atoms with E-state index < -0.39 is 10.8 Å². The van der Waals surface area contributed by atoms with Crippen LogP contribution in [0.15, 0.2) is 23.1 Å². The van der Waals surface area contributed by atoms with Crippen LogP contribution in [0.25, 0.3) is 0 Å². The Morgan fingerprint density at radius 3 is 2.81 bits per heavy atom. The largest absolute Gasteiger partial charge is 0.490 e. The van der Waals surface area contributed by atoms with Gasteiger partial charge in [-0.15, -0.1) is 0 Å². The van der Waals surface area contributed by atoms with Gasteiger partial charge in [-0.3, -0.25) is 4.21 Å². The lowest BCUT2D eigenvalue weighted by atomic mass is 10.2. The van der Waals surface area contributed by atoms with Gasteiger partial charge < -0.3 is 14.8 Å². The van der Waals surface area contributed by atoms with Gasteiger partial charge in [0, 0.05) is 23.4 Å². The Morgan fingerprint density at radius 1 is 1.19 bits per heavy atom. The highest BCUT2D eigenvalue weighted by Gasteiger charge is 2.32. The molecule has 4 nitrogen and oxygen atoms in total. The number of hydrogen-bond acceptors (Lipinski definition) is 4. The molecule has 1 aromatic rings. The van der Waals surface area contributed by atoms with Crippen LogP contribution in [0.2, 0.25) is 0 Å². The van der Waals surface area contributed by atoms with Gasteiger partial charge in [-0.1, -0.05) is 13.3 Å². The van der Waals surface area contributed by atoms with Crippen molar-refractivity contribution < 1.29 is 13.7 Å². The average molecular weight is 309 g/mol. The summed E-state index contributed by atoms with van der Waals surface area (Å²) in [6.45, 7) is 4.37. The molecular formula is C16H23NO3S. The molecule has 1 fully saturated rings. The Kier molecular flexibility index (Phi) is 4.80. The van der Waals surface area contributed by atoms with Gasteiger partial charge in [0.05, 0.1) is 29.3 Å². The Labute approximate surface area is 128 Å². The normalized spacial score (nSPS) is 26.3. The van der Waals surface area contributed by atoms with E-state index in [1.807, 2.05) is 18.2 Å². The predicted molar refractivity (Wildman–Crippen MR) is 83.6 cm³/mol. The average Bonchev–Trinajstić information content (AvgIpc) is 2.82. The molecule has 2 aliphatic rings. The first-order valence-corrected chi connectivity index (χ1v) is 9.04. The van der Waals surface area contributed by atoms with Crippen LogP contribution in [0.5, 0.6) is 11.5 Å². The molecular weight excluding hydrogens is 286 g/mol. The van der Waals surface area contributed by atoms with Crippen molar-refractivity contribution in [1.29, 1.82) is 0 Å². The molecule has 5 heteroatoms. The molecule has 1 aliphatic heterocycles. The molecule has 0 aromatic heterocycles. The molecule has 0 bridgehead atoms. The number of rotatable bonds is 4. The highest BCUT2D eigenvalue weighted by Crippen LogP contribution is 2.34. The Balaban J connectivity index is 1.80. The zero-order valence-electron chi connectivity index (χ0n) is 12.5. The van der Waals surface area contributed by atoms with Crippen LogP contribution in [-0.4, -0.2) is 35.3 Å². The lowest BCUT2D eigenvalue weighted by Gasteiger charge is -2.20. The van der Waals surface area contributed by atoms with Gasteiger partial charge in [0.2, 0.25) is 0 Å². The molecule has 1 saturated carbocycles. The van der Waals surface area contributed by atoms with Crippen molar-refractivity contribution in [3.8, 4) is 11.5 Å². The van der Waals surface area contributed by atoms with Gasteiger partial charge in [0.15, 0.2) is 11.5 Å². The van der Waals surface area contributed by atoms with E-state index >= 15 is 0 Å². The standard InChI is InChI=1S/C16H23NO3S/c1-2-17-13-5-3-6-16(13)21(18)12-7-8-14-15(11-12)20-10-4-9-19-14/h7-8,11,13,16-17H,2-6,9-10H2,1H3. The molecule has 3 rings (SSSR count). The number of hydrogen-bond donors (Lipinski definition) is 1. The van der Waals surface area contributed by atoms with Crippen molar-refractivity contribution in [1.82, 2.24) is 5.32 Å². The van der Waals surface area contributed by atoms with E-state index in [9.17, 15) is 4.21 Å². The van der Waals surface area contributed by atoms with E-state index in [2.05, 4.69) is 12.2 Å². The van der Waals surface area contributed by atoms with Crippen molar-refractivity contribution >= 4 is 10.8 Å². The summed E-state index contributed by atoms with van der Waals surface area (Å²) >= 11 is 0. The molecule has 0 spiro atoms. The zero-order valence-corrected chi connectivity index (χ0v) is 13.3. The summed E-state index contributed by atoms with van der Waals surface area (Å²) in [7, 11) is -0.992. The fourth-order valence-corrected chi connectivity index (χ4v) is 4.81. The van der Waals surface area contributed by atoms with Gasteiger partial charge in [0.1, 0.15) is 0 Å². The maximum absolute atomic E-state index is 12.9. The fourth-order valence-electron chi connectivity index (χ4n) is 3.12. The van der Waals surface area contributed by atoms with E-state index in [4.69, 9.17) is 9.47 Å². The molecule has 1 heterocycles. The van der Waals surface area contributed by atoms with Gasteiger partial charge in [-0.25, -0.2) is 0 Å². The summed E-state index contributed by atoms with van der Waals surface area (Å²) in [5.41, 5.74) is 0. The molecule has 1 aromatic carbocycles. The lowest BCUT2D eigenvalue weighted by molar-refractivity contribution is 0.297. The number of ether oxygens (including phenoxy) is 2. The maximum Gasteiger partial charge on any atom is 0.162 e. The summed E-state index contributed by atoms with van der Waals surface area (Å²) in [5, 5.41) is 3.67. The molecule has 3 atom stereocenters. The van der Waals surface area contributed by atoms with Crippen molar-refractivity contribution in [2.45, 2.75) is 48.8 Å². The van der Waals surface area contributed by atoms with Crippen molar-refractivity contribution in [2.24, 2.45) is 0 Å². The summed E-state index contributed by atoms with van der Waals surface area (Å²) in [6.07, 6.45) is 4.18. The van der Waals surface area contributed by atoms with Crippen LogP contribution in [0.3, 0.4) is 0 Å². The maximum atomic E-state index is 12.9. The van der Waals surface area contributed by atoms with E-state index in [0.29, 0.717) is 19.3 Å². The third-order valence-electron chi connectivity index (χ3n) is 4.15. The number of nitrogens with one attached hydrogen (secondary N) is 1. The Morgan fingerprint density at radius 2 is 2.00 bits per heavy atom. The van der Waals surface area contributed by atoms with Crippen LogP contribution in [0, 0.1) is 0 Å². The van der Waals surface area contributed by atoms with Gasteiger partial charge in [0.25, 0.3) is 0 Å². The third-order valence-corrected chi connectivity index (χ3v) is 5.98. The molecule has 21 heavy (non-hydrogen) atoms. The van der Waals surface area contributed by atoms with Gasteiger partial charge in [-0.2, -0.15) is 0 Å². The zero-order chi connectivity index (χ0) is 14.7. The highest BCUT2D eigenvalue weighted by atomic mass is 32.2. The third kappa shape index (κ3) is 3.24. The topological polar surface area (TPSA) is 47.6 Å². The van der Waals surface area contributed by atoms with Crippen LogP contribution in [0.1, 0.15) is 32.6 Å². The minimum Gasteiger partial charge on any atom is -0.490 e. The molecule has 116 valence electrons. The monoisotopic (exact) mass is 309 g/mol. The van der Waals surface area contributed by atoms with Crippen molar-refractivity contribution in [3.05, 3.63) is 18.2 Å². The smallest absolute Gasteiger partial charge is 0.162 e. The SMILES string of the molecule is CCNC1CCCC1S(=O)c1ccc2c(c1)OCCCO2. The lowest BCUT2D eigenvalue weighted by Crippen LogP contribution is -2.37. The molecule has 1 N–H and O–H groups in total. The minimum atomic E-state index is -0.992. The molecule has 1 aliphatic carbocycles. The van der Waals surface area contributed by atoms with Gasteiger partial charge in [-0.05, 0) is 31.5 Å². The Hall–Kier alpha value is -1.07. The Bertz CT molecular complexity index is 520. The summed E-state index contributed by atoms with van der Waals surface area (Å²) < 4.78 is 24.2. The summed E-state index contributed by atoms with van der Waals surface area (Å²) in [4.78, 5) is 0.856. The number of fused-ring (bicyclic) bond motifs is 1. The molecule has 0 amide bonds. The second kappa shape index (κ2) is 6.79. The van der Waals surface area contributed by atoms with Crippen LogP contribution in [-0.2, 0) is 10.8 Å². The second-order valence-corrected chi connectivity index (χ2v) is 7.26. The first kappa shape index (κ1) is 14.9. The highest BCUT2D eigenvalue weighted by molar-refractivity contribution is 7.85. The van der Waals surface area contributed by atoms with E-state index in [0.717, 1.165) is 48.6 Å². The number of benzene rings is 1. The van der Waals surface area contributed by atoms with Crippen molar-refractivity contribution in [2.75, 3.05) is 19.8 Å². The van der Waals surface area contributed by atoms with Crippen LogP contribution < -0.4 is 14.8 Å². The fraction of sp³-hybridized carbons (Fsp3) is 0.625. The second-order valence-electron chi connectivity index (χ2n) is 5.59. The first-order valence-electron chi connectivity index (χ1n) is 7.83. The van der Waals surface area contributed by atoms with Crippen molar-refractivity contribution in [3.63, 3.8) is 0 Å². The summed E-state index contributed by atoms with van der Waals surface area (Å²) in [6, 6.07) is 6.08.